The van der Waals surface area contributed by atoms with Crippen molar-refractivity contribution >= 4 is 5.91 Å². The van der Waals surface area contributed by atoms with E-state index in [-0.39, 0.29) is 17.5 Å². The van der Waals surface area contributed by atoms with E-state index in [1.807, 2.05) is 30.3 Å². The molecular weight excluding hydrogens is 304 g/mol. The zero-order chi connectivity index (χ0) is 16.9. The van der Waals surface area contributed by atoms with Crippen molar-refractivity contribution in [2.75, 3.05) is 13.2 Å². The van der Waals surface area contributed by atoms with Gasteiger partial charge in [-0.3, -0.25) is 9.59 Å². The Kier molecular flexibility index (Phi) is 5.11. The summed E-state index contributed by atoms with van der Waals surface area (Å²) in [6, 6.07) is 12.9. The average Bonchev–Trinajstić information content (AvgIpc) is 3.10. The van der Waals surface area contributed by atoms with Crippen LogP contribution in [0.25, 0.3) is 0 Å². The number of ether oxygens (including phenoxy) is 1. The molecule has 126 valence electrons. The van der Waals surface area contributed by atoms with Crippen molar-refractivity contribution in [2.45, 2.75) is 18.9 Å². The fourth-order valence-corrected chi connectivity index (χ4v) is 3.04. The lowest BCUT2D eigenvalue weighted by Crippen LogP contribution is -2.31. The smallest absolute Gasteiger partial charge is 0.253 e. The number of nitrogens with zero attached hydrogens (tertiary/aromatic N) is 1. The van der Waals surface area contributed by atoms with Crippen molar-refractivity contribution in [2.24, 2.45) is 13.0 Å². The first-order valence-corrected chi connectivity index (χ1v) is 8.24. The molecule has 1 amide bonds. The van der Waals surface area contributed by atoms with Gasteiger partial charge in [0.1, 0.15) is 0 Å². The van der Waals surface area contributed by atoms with E-state index in [1.54, 1.807) is 19.3 Å². The first-order chi connectivity index (χ1) is 11.6. The van der Waals surface area contributed by atoms with E-state index >= 15 is 0 Å². The van der Waals surface area contributed by atoms with Crippen LogP contribution in [0.1, 0.15) is 34.8 Å². The topological polar surface area (TPSA) is 60.3 Å². The van der Waals surface area contributed by atoms with Crippen LogP contribution in [0.4, 0.5) is 0 Å². The SMILES string of the molecule is Cn1cc(C(=O)NC(CC2CCOC2)c2ccccc2)ccc1=O. The number of carbonyl (C=O) groups is 1. The average molecular weight is 326 g/mol. The standard InChI is InChI=1S/C19H22N2O3/c1-21-12-16(7-8-18(21)22)19(23)20-17(11-14-9-10-24-13-14)15-5-3-2-4-6-15/h2-8,12,14,17H,9-11,13H2,1H3,(H,20,23). The van der Waals surface area contributed by atoms with Gasteiger partial charge in [0.2, 0.25) is 5.56 Å². The molecule has 1 aliphatic heterocycles. The van der Waals surface area contributed by atoms with E-state index in [9.17, 15) is 9.59 Å². The van der Waals surface area contributed by atoms with Crippen LogP contribution in [0.3, 0.4) is 0 Å². The van der Waals surface area contributed by atoms with Gasteiger partial charge in [0.25, 0.3) is 5.91 Å². The molecule has 2 aromatic rings. The molecule has 5 heteroatoms. The second-order valence-electron chi connectivity index (χ2n) is 6.27. The van der Waals surface area contributed by atoms with Gasteiger partial charge in [-0.15, -0.1) is 0 Å². The largest absolute Gasteiger partial charge is 0.381 e. The Morgan fingerprint density at radius 3 is 2.75 bits per heavy atom. The molecule has 5 nitrogen and oxygen atoms in total. The van der Waals surface area contributed by atoms with Crippen LogP contribution in [-0.4, -0.2) is 23.7 Å². The maximum absolute atomic E-state index is 12.6. The first kappa shape index (κ1) is 16.5. The van der Waals surface area contributed by atoms with Gasteiger partial charge in [-0.2, -0.15) is 0 Å². The van der Waals surface area contributed by atoms with Gasteiger partial charge in [-0.05, 0) is 30.4 Å². The fraction of sp³-hybridized carbons (Fsp3) is 0.368. The summed E-state index contributed by atoms with van der Waals surface area (Å²) in [5.41, 5.74) is 1.44. The molecule has 1 aromatic carbocycles. The van der Waals surface area contributed by atoms with Gasteiger partial charge in [0.05, 0.1) is 11.6 Å². The molecule has 1 aromatic heterocycles. The number of hydrogen-bond donors (Lipinski definition) is 1. The van der Waals surface area contributed by atoms with Crippen molar-refractivity contribution in [3.05, 3.63) is 70.1 Å². The van der Waals surface area contributed by atoms with E-state index in [4.69, 9.17) is 4.74 Å². The van der Waals surface area contributed by atoms with Crippen molar-refractivity contribution in [1.29, 1.82) is 0 Å². The van der Waals surface area contributed by atoms with Crippen LogP contribution < -0.4 is 10.9 Å². The molecule has 2 unspecified atom stereocenters. The summed E-state index contributed by atoms with van der Waals surface area (Å²) >= 11 is 0. The Hall–Kier alpha value is -2.40. The number of rotatable bonds is 5. The van der Waals surface area contributed by atoms with Gasteiger partial charge < -0.3 is 14.6 Å². The lowest BCUT2D eigenvalue weighted by atomic mass is 9.94. The minimum absolute atomic E-state index is 0.0670. The van der Waals surface area contributed by atoms with Crippen LogP contribution >= 0.6 is 0 Å². The van der Waals surface area contributed by atoms with E-state index in [1.165, 1.54) is 10.6 Å². The Bertz CT molecular complexity index is 749. The molecule has 0 radical (unpaired) electrons. The molecule has 1 saturated heterocycles. The zero-order valence-electron chi connectivity index (χ0n) is 13.8. The summed E-state index contributed by atoms with van der Waals surface area (Å²) < 4.78 is 6.88. The van der Waals surface area contributed by atoms with E-state index in [2.05, 4.69) is 5.32 Å². The number of hydrogen-bond acceptors (Lipinski definition) is 3. The molecule has 2 heterocycles. The summed E-state index contributed by atoms with van der Waals surface area (Å²) in [5.74, 6) is 0.286. The highest BCUT2D eigenvalue weighted by Crippen LogP contribution is 2.26. The van der Waals surface area contributed by atoms with Crippen LogP contribution in [0.5, 0.6) is 0 Å². The monoisotopic (exact) mass is 326 g/mol. The van der Waals surface area contributed by atoms with Crippen LogP contribution in [-0.2, 0) is 11.8 Å². The molecule has 0 bridgehead atoms. The maximum atomic E-state index is 12.6. The van der Waals surface area contributed by atoms with E-state index in [0.29, 0.717) is 11.5 Å². The Balaban J connectivity index is 1.78. The summed E-state index contributed by atoms with van der Waals surface area (Å²) in [6.45, 7) is 1.54. The third-order valence-electron chi connectivity index (χ3n) is 4.45. The van der Waals surface area contributed by atoms with E-state index < -0.39 is 0 Å². The predicted octanol–water partition coefficient (Wildman–Crippen LogP) is 2.28. The zero-order valence-corrected chi connectivity index (χ0v) is 13.8. The number of aryl methyl sites for hydroxylation is 1. The number of nitrogens with one attached hydrogen (secondary N) is 1. The van der Waals surface area contributed by atoms with Gasteiger partial charge in [-0.25, -0.2) is 0 Å². The van der Waals surface area contributed by atoms with Crippen molar-refractivity contribution in [1.82, 2.24) is 9.88 Å². The third-order valence-corrected chi connectivity index (χ3v) is 4.45. The van der Waals surface area contributed by atoms with Crippen molar-refractivity contribution < 1.29 is 9.53 Å². The molecular formula is C19H22N2O3. The fourth-order valence-electron chi connectivity index (χ4n) is 3.04. The molecule has 0 aliphatic carbocycles. The quantitative estimate of drug-likeness (QED) is 0.917. The molecule has 1 aliphatic rings. The van der Waals surface area contributed by atoms with E-state index in [0.717, 1.165) is 31.6 Å². The normalized spacial score (nSPS) is 18.3. The number of carbonyl (C=O) groups excluding carboxylic acids is 1. The van der Waals surface area contributed by atoms with Gasteiger partial charge in [0, 0.05) is 32.5 Å². The lowest BCUT2D eigenvalue weighted by molar-refractivity contribution is 0.0928. The van der Waals surface area contributed by atoms with Crippen LogP contribution in [0, 0.1) is 5.92 Å². The maximum Gasteiger partial charge on any atom is 0.253 e. The van der Waals surface area contributed by atoms with Crippen molar-refractivity contribution in [3.8, 4) is 0 Å². The molecule has 0 spiro atoms. The second kappa shape index (κ2) is 7.45. The first-order valence-electron chi connectivity index (χ1n) is 8.24. The summed E-state index contributed by atoms with van der Waals surface area (Å²) in [6.07, 6.45) is 3.44. The predicted molar refractivity (Wildman–Crippen MR) is 91.9 cm³/mol. The Labute approximate surface area is 141 Å². The molecule has 2 atom stereocenters. The van der Waals surface area contributed by atoms with Crippen LogP contribution in [0.15, 0.2) is 53.5 Å². The van der Waals surface area contributed by atoms with Gasteiger partial charge >= 0.3 is 0 Å². The number of benzene rings is 1. The highest BCUT2D eigenvalue weighted by atomic mass is 16.5. The van der Waals surface area contributed by atoms with Gasteiger partial charge in [0.15, 0.2) is 0 Å². The molecule has 0 saturated carbocycles. The minimum Gasteiger partial charge on any atom is -0.381 e. The number of amides is 1. The minimum atomic E-state index is -0.168. The highest BCUT2D eigenvalue weighted by Gasteiger charge is 2.23. The van der Waals surface area contributed by atoms with Gasteiger partial charge in [-0.1, -0.05) is 30.3 Å². The summed E-state index contributed by atoms with van der Waals surface area (Å²) in [7, 11) is 1.64. The molecule has 24 heavy (non-hydrogen) atoms. The Morgan fingerprint density at radius 1 is 1.29 bits per heavy atom. The highest BCUT2D eigenvalue weighted by molar-refractivity contribution is 5.94. The second-order valence-corrected chi connectivity index (χ2v) is 6.27. The van der Waals surface area contributed by atoms with Crippen molar-refractivity contribution in [3.63, 3.8) is 0 Å². The molecule has 3 rings (SSSR count). The molecule has 1 N–H and O–H groups in total. The summed E-state index contributed by atoms with van der Waals surface area (Å²) in [4.78, 5) is 24.1. The lowest BCUT2D eigenvalue weighted by Gasteiger charge is -2.22. The molecule has 1 fully saturated rings. The summed E-state index contributed by atoms with van der Waals surface area (Å²) in [5, 5.41) is 3.11. The van der Waals surface area contributed by atoms with Crippen LogP contribution in [0.2, 0.25) is 0 Å². The number of pyridine rings is 1. The third kappa shape index (κ3) is 3.92. The number of aromatic nitrogens is 1. The Morgan fingerprint density at radius 2 is 2.08 bits per heavy atom.